The minimum atomic E-state index is -0.597. The molecule has 0 aliphatic rings. The van der Waals surface area contributed by atoms with E-state index in [0.717, 1.165) is 5.56 Å². The van der Waals surface area contributed by atoms with Crippen molar-refractivity contribution in [2.45, 2.75) is 32.9 Å². The molecule has 158 valence electrons. The first kappa shape index (κ1) is 21.5. The van der Waals surface area contributed by atoms with Crippen LogP contribution in [0.4, 0.5) is 5.69 Å². The van der Waals surface area contributed by atoms with Crippen molar-refractivity contribution in [1.82, 2.24) is 10.5 Å². The molecule has 30 heavy (non-hydrogen) atoms. The maximum Gasteiger partial charge on any atom is 0.261 e. The molecule has 0 aliphatic carbocycles. The Kier molecular flexibility index (Phi) is 7.21. The predicted octanol–water partition coefficient (Wildman–Crippen LogP) is 3.64. The van der Waals surface area contributed by atoms with Crippen LogP contribution in [0.25, 0.3) is 11.3 Å². The summed E-state index contributed by atoms with van der Waals surface area (Å²) in [4.78, 5) is 12.8. The number of nitrogens with one attached hydrogen (secondary N) is 2. The highest BCUT2D eigenvalue weighted by molar-refractivity contribution is 6.08. The number of hydrogen-bond acceptors (Lipinski definition) is 6. The van der Waals surface area contributed by atoms with E-state index in [2.05, 4.69) is 15.8 Å². The summed E-state index contributed by atoms with van der Waals surface area (Å²) in [7, 11) is 0. The molecule has 1 amide bonds. The largest absolute Gasteiger partial charge is 0.491 e. The fourth-order valence-electron chi connectivity index (χ4n) is 2.88. The van der Waals surface area contributed by atoms with Gasteiger partial charge in [-0.3, -0.25) is 4.79 Å². The molecular weight excluding hydrogens is 382 g/mol. The zero-order valence-electron chi connectivity index (χ0n) is 17.4. The van der Waals surface area contributed by atoms with Crippen molar-refractivity contribution in [3.05, 3.63) is 65.9 Å². The van der Waals surface area contributed by atoms with E-state index >= 15 is 0 Å². The summed E-state index contributed by atoms with van der Waals surface area (Å²) >= 11 is 0. The number of carbonyl (C=O) groups excluding carboxylic acids is 1. The zero-order valence-corrected chi connectivity index (χ0v) is 17.4. The third-order valence-corrected chi connectivity index (χ3v) is 4.45. The van der Waals surface area contributed by atoms with E-state index in [1.165, 1.54) is 0 Å². The Morgan fingerprint density at radius 3 is 2.50 bits per heavy atom. The SMILES string of the molecule is Cc1onc(-c2ccccc2)c1C(=O)Nc1ccc(OCC(O)CNC(C)C)cc1. The molecule has 1 heterocycles. The lowest BCUT2D eigenvalue weighted by atomic mass is 10.1. The van der Waals surface area contributed by atoms with Crippen LogP contribution in [0.2, 0.25) is 0 Å². The molecule has 0 aliphatic heterocycles. The molecule has 3 rings (SSSR count). The van der Waals surface area contributed by atoms with Crippen LogP contribution in [0.3, 0.4) is 0 Å². The van der Waals surface area contributed by atoms with Gasteiger partial charge in [0.2, 0.25) is 0 Å². The average Bonchev–Trinajstić information content (AvgIpc) is 3.14. The number of rotatable bonds is 9. The molecule has 0 fully saturated rings. The molecule has 0 bridgehead atoms. The minimum Gasteiger partial charge on any atom is -0.491 e. The van der Waals surface area contributed by atoms with Gasteiger partial charge in [-0.15, -0.1) is 0 Å². The monoisotopic (exact) mass is 409 g/mol. The summed E-state index contributed by atoms with van der Waals surface area (Å²) in [6.07, 6.45) is -0.597. The van der Waals surface area contributed by atoms with Gasteiger partial charge in [-0.25, -0.2) is 0 Å². The molecule has 0 saturated carbocycles. The smallest absolute Gasteiger partial charge is 0.261 e. The average molecular weight is 409 g/mol. The van der Waals surface area contributed by atoms with Gasteiger partial charge in [-0.2, -0.15) is 0 Å². The summed E-state index contributed by atoms with van der Waals surface area (Å²) in [5.41, 5.74) is 2.35. The standard InChI is InChI=1S/C23H27N3O4/c1-15(2)24-13-19(27)14-29-20-11-9-18(10-12-20)25-23(28)21-16(3)30-26-22(21)17-7-5-4-6-8-17/h4-12,15,19,24,27H,13-14H2,1-3H3,(H,25,28). The maximum absolute atomic E-state index is 12.8. The number of benzene rings is 2. The predicted molar refractivity (Wildman–Crippen MR) is 116 cm³/mol. The number of aliphatic hydroxyl groups excluding tert-OH is 1. The quantitative estimate of drug-likeness (QED) is 0.499. The van der Waals surface area contributed by atoms with Gasteiger partial charge in [0.15, 0.2) is 0 Å². The van der Waals surface area contributed by atoms with E-state index < -0.39 is 6.10 Å². The first-order valence-electron chi connectivity index (χ1n) is 9.91. The number of aliphatic hydroxyl groups is 1. The number of anilines is 1. The van der Waals surface area contributed by atoms with Crippen LogP contribution in [0.1, 0.15) is 30.0 Å². The molecule has 0 saturated heterocycles. The van der Waals surface area contributed by atoms with E-state index in [1.807, 2.05) is 44.2 Å². The van der Waals surface area contributed by atoms with Gasteiger partial charge >= 0.3 is 0 Å². The lowest BCUT2D eigenvalue weighted by Gasteiger charge is -2.15. The highest BCUT2D eigenvalue weighted by Gasteiger charge is 2.21. The van der Waals surface area contributed by atoms with Gasteiger partial charge in [0, 0.05) is 23.8 Å². The summed E-state index contributed by atoms with van der Waals surface area (Å²) < 4.78 is 10.9. The van der Waals surface area contributed by atoms with Gasteiger partial charge in [0.1, 0.15) is 35.5 Å². The number of aromatic nitrogens is 1. The van der Waals surface area contributed by atoms with Gasteiger partial charge in [0.05, 0.1) is 0 Å². The Bertz CT molecular complexity index is 952. The number of aryl methyl sites for hydroxylation is 1. The van der Waals surface area contributed by atoms with Crippen LogP contribution < -0.4 is 15.4 Å². The van der Waals surface area contributed by atoms with Crippen molar-refractivity contribution < 1.29 is 19.2 Å². The minimum absolute atomic E-state index is 0.186. The fourth-order valence-corrected chi connectivity index (χ4v) is 2.88. The fraction of sp³-hybridized carbons (Fsp3) is 0.304. The molecule has 3 N–H and O–H groups in total. The second-order valence-corrected chi connectivity index (χ2v) is 7.33. The van der Waals surface area contributed by atoms with Crippen molar-refractivity contribution >= 4 is 11.6 Å². The molecule has 0 spiro atoms. The number of hydrogen-bond donors (Lipinski definition) is 3. The lowest BCUT2D eigenvalue weighted by Crippen LogP contribution is -2.35. The highest BCUT2D eigenvalue weighted by atomic mass is 16.5. The molecule has 1 atom stereocenters. The Hall–Kier alpha value is -3.16. The Balaban J connectivity index is 1.61. The third kappa shape index (κ3) is 5.68. The Morgan fingerprint density at radius 1 is 1.13 bits per heavy atom. The van der Waals surface area contributed by atoms with Crippen LogP contribution in [0, 0.1) is 6.92 Å². The van der Waals surface area contributed by atoms with E-state index in [9.17, 15) is 9.90 Å². The van der Waals surface area contributed by atoms with E-state index in [4.69, 9.17) is 9.26 Å². The van der Waals surface area contributed by atoms with Gasteiger partial charge < -0.3 is 25.0 Å². The molecule has 7 heteroatoms. The molecule has 7 nitrogen and oxygen atoms in total. The van der Waals surface area contributed by atoms with Crippen LogP contribution >= 0.6 is 0 Å². The van der Waals surface area contributed by atoms with E-state index in [-0.39, 0.29) is 12.5 Å². The molecule has 0 radical (unpaired) electrons. The third-order valence-electron chi connectivity index (χ3n) is 4.45. The molecule has 1 aromatic heterocycles. The summed E-state index contributed by atoms with van der Waals surface area (Å²) in [6.45, 7) is 6.40. The van der Waals surface area contributed by atoms with Crippen molar-refractivity contribution in [3.63, 3.8) is 0 Å². The van der Waals surface area contributed by atoms with Crippen molar-refractivity contribution in [2.75, 3.05) is 18.5 Å². The van der Waals surface area contributed by atoms with Crippen molar-refractivity contribution in [1.29, 1.82) is 0 Å². The van der Waals surface area contributed by atoms with Crippen LogP contribution in [0.5, 0.6) is 5.75 Å². The zero-order chi connectivity index (χ0) is 21.5. The van der Waals surface area contributed by atoms with Crippen LogP contribution in [-0.4, -0.2) is 41.5 Å². The number of carbonyl (C=O) groups is 1. The summed E-state index contributed by atoms with van der Waals surface area (Å²) in [5, 5.41) is 20.0. The first-order chi connectivity index (χ1) is 14.4. The van der Waals surface area contributed by atoms with Crippen LogP contribution in [-0.2, 0) is 0 Å². The summed E-state index contributed by atoms with van der Waals surface area (Å²) in [6, 6.07) is 16.7. The van der Waals surface area contributed by atoms with Crippen molar-refractivity contribution in [2.24, 2.45) is 0 Å². The maximum atomic E-state index is 12.8. The topological polar surface area (TPSA) is 96.6 Å². The lowest BCUT2D eigenvalue weighted by molar-refractivity contribution is 0.102. The van der Waals surface area contributed by atoms with Crippen LogP contribution in [0.15, 0.2) is 59.1 Å². The second-order valence-electron chi connectivity index (χ2n) is 7.33. The normalized spacial score (nSPS) is 12.0. The van der Waals surface area contributed by atoms with E-state index in [0.29, 0.717) is 41.0 Å². The number of amides is 1. The first-order valence-corrected chi connectivity index (χ1v) is 9.91. The summed E-state index contributed by atoms with van der Waals surface area (Å²) in [5.74, 6) is 0.773. The van der Waals surface area contributed by atoms with Crippen molar-refractivity contribution in [3.8, 4) is 17.0 Å². The van der Waals surface area contributed by atoms with E-state index in [1.54, 1.807) is 31.2 Å². The molecular formula is C23H27N3O4. The molecule has 3 aromatic rings. The number of ether oxygens (including phenoxy) is 1. The molecule has 2 aromatic carbocycles. The second kappa shape index (κ2) is 10.0. The van der Waals surface area contributed by atoms with Gasteiger partial charge in [-0.05, 0) is 31.2 Å². The molecule has 1 unspecified atom stereocenters. The Labute approximate surface area is 176 Å². The Morgan fingerprint density at radius 2 is 1.83 bits per heavy atom. The van der Waals surface area contributed by atoms with Gasteiger partial charge in [-0.1, -0.05) is 49.3 Å². The highest BCUT2D eigenvalue weighted by Crippen LogP contribution is 2.26. The van der Waals surface area contributed by atoms with Gasteiger partial charge in [0.25, 0.3) is 5.91 Å². The number of nitrogens with zero attached hydrogens (tertiary/aromatic N) is 1.